The van der Waals surface area contributed by atoms with Crippen LogP contribution in [0.2, 0.25) is 0 Å². The summed E-state index contributed by atoms with van der Waals surface area (Å²) in [5.74, 6) is 0.111. The van der Waals surface area contributed by atoms with Crippen molar-refractivity contribution >= 4 is 44.3 Å². The zero-order valence-electron chi connectivity index (χ0n) is 14.5. The van der Waals surface area contributed by atoms with E-state index in [0.717, 1.165) is 10.1 Å². The van der Waals surface area contributed by atoms with Crippen molar-refractivity contribution in [1.29, 1.82) is 0 Å². The van der Waals surface area contributed by atoms with E-state index in [1.54, 1.807) is 33.9 Å². The number of aromatic nitrogens is 1. The molecule has 0 aliphatic heterocycles. The lowest BCUT2D eigenvalue weighted by Crippen LogP contribution is -2.24. The van der Waals surface area contributed by atoms with Crippen molar-refractivity contribution in [2.45, 2.75) is 39.2 Å². The minimum absolute atomic E-state index is 0.0625. The summed E-state index contributed by atoms with van der Waals surface area (Å²) in [4.78, 5) is 29.0. The van der Waals surface area contributed by atoms with Gasteiger partial charge in [0.05, 0.1) is 18.4 Å². The van der Waals surface area contributed by atoms with Gasteiger partial charge in [-0.2, -0.15) is 0 Å². The van der Waals surface area contributed by atoms with Crippen molar-refractivity contribution in [2.75, 3.05) is 7.11 Å². The van der Waals surface area contributed by atoms with Crippen LogP contribution in [0.1, 0.15) is 43.3 Å². The maximum absolute atomic E-state index is 12.4. The summed E-state index contributed by atoms with van der Waals surface area (Å²) in [6.07, 6.45) is 1.53. The van der Waals surface area contributed by atoms with Crippen LogP contribution in [-0.2, 0) is 9.53 Å². The average molecular weight is 361 g/mol. The van der Waals surface area contributed by atoms with Gasteiger partial charge < -0.3 is 13.9 Å². The Hall–Kier alpha value is -2.41. The minimum atomic E-state index is -0.549. The van der Waals surface area contributed by atoms with Crippen molar-refractivity contribution in [1.82, 2.24) is 4.98 Å². The molecular weight excluding hydrogens is 342 g/mol. The number of methoxy groups -OCH3 is 1. The van der Waals surface area contributed by atoms with Crippen LogP contribution in [-0.4, -0.2) is 29.4 Å². The van der Waals surface area contributed by atoms with Crippen molar-refractivity contribution in [3.8, 4) is 5.75 Å². The van der Waals surface area contributed by atoms with Crippen molar-refractivity contribution in [3.63, 3.8) is 0 Å². The predicted octanol–water partition coefficient (Wildman–Crippen LogP) is 4.36. The first-order valence-corrected chi connectivity index (χ1v) is 8.69. The third-order valence-electron chi connectivity index (χ3n) is 3.54. The van der Waals surface area contributed by atoms with E-state index in [1.807, 2.05) is 6.07 Å². The second-order valence-electron chi connectivity index (χ2n) is 6.64. The first-order chi connectivity index (χ1) is 11.8. The highest BCUT2D eigenvalue weighted by atomic mass is 32.1. The van der Waals surface area contributed by atoms with Crippen molar-refractivity contribution < 1.29 is 23.5 Å². The molecule has 2 aromatic heterocycles. The quantitative estimate of drug-likeness (QED) is 0.496. The molecule has 0 fully saturated rings. The van der Waals surface area contributed by atoms with Crippen molar-refractivity contribution in [3.05, 3.63) is 23.4 Å². The number of benzene rings is 1. The van der Waals surface area contributed by atoms with Crippen LogP contribution < -0.4 is 4.74 Å². The van der Waals surface area contributed by atoms with E-state index in [4.69, 9.17) is 13.9 Å². The molecule has 0 N–H and O–H groups in total. The number of hydrogen-bond donors (Lipinski definition) is 0. The molecule has 0 bridgehead atoms. The Kier molecular flexibility index (Phi) is 4.51. The lowest BCUT2D eigenvalue weighted by atomic mass is 10.1. The lowest BCUT2D eigenvalue weighted by molar-refractivity contribution is -0.154. The fraction of sp³-hybridized carbons (Fsp3) is 0.389. The third-order valence-corrected chi connectivity index (χ3v) is 4.66. The number of esters is 1. The standard InChI is InChI=1S/C18H19NO5S/c1-18(2,3)24-15(21)6-5-11(20)14-7-10-13(25-14)8-12(22-4)17-16(10)19-9-23-17/h7-9H,5-6H2,1-4H3. The summed E-state index contributed by atoms with van der Waals surface area (Å²) >= 11 is 1.35. The van der Waals surface area contributed by atoms with Gasteiger partial charge >= 0.3 is 5.97 Å². The Morgan fingerprint density at radius 1 is 1.24 bits per heavy atom. The molecule has 0 amide bonds. The molecule has 0 atom stereocenters. The van der Waals surface area contributed by atoms with E-state index in [1.165, 1.54) is 17.7 Å². The van der Waals surface area contributed by atoms with Crippen LogP contribution in [0.25, 0.3) is 21.2 Å². The lowest BCUT2D eigenvalue weighted by Gasteiger charge is -2.19. The molecule has 0 radical (unpaired) electrons. The number of oxazole rings is 1. The molecule has 1 aromatic carbocycles. The smallest absolute Gasteiger partial charge is 0.306 e. The van der Waals surface area contributed by atoms with Gasteiger partial charge in [0.15, 0.2) is 23.5 Å². The number of Topliss-reactive ketones (excluding diaryl/α,β-unsaturated/α-hetero) is 1. The molecule has 132 valence electrons. The number of carbonyl (C=O) groups excluding carboxylic acids is 2. The number of rotatable bonds is 5. The van der Waals surface area contributed by atoms with Gasteiger partial charge in [0.25, 0.3) is 0 Å². The Morgan fingerprint density at radius 2 is 2.00 bits per heavy atom. The minimum Gasteiger partial charge on any atom is -0.493 e. The first kappa shape index (κ1) is 17.4. The maximum Gasteiger partial charge on any atom is 0.306 e. The number of nitrogens with zero attached hydrogens (tertiary/aromatic N) is 1. The van der Waals surface area contributed by atoms with E-state index in [9.17, 15) is 9.59 Å². The number of ether oxygens (including phenoxy) is 2. The molecule has 0 aliphatic carbocycles. The molecule has 0 saturated carbocycles. The number of hydrogen-bond acceptors (Lipinski definition) is 7. The summed E-state index contributed by atoms with van der Waals surface area (Å²) < 4.78 is 16.8. The van der Waals surface area contributed by atoms with Crippen LogP contribution in [0.5, 0.6) is 5.75 Å². The largest absolute Gasteiger partial charge is 0.493 e. The molecule has 6 nitrogen and oxygen atoms in total. The molecule has 2 heterocycles. The van der Waals surface area contributed by atoms with E-state index >= 15 is 0 Å². The summed E-state index contributed by atoms with van der Waals surface area (Å²) in [6.45, 7) is 5.40. The van der Waals surface area contributed by atoms with Gasteiger partial charge in [0.2, 0.25) is 0 Å². The Labute approximate surface area is 148 Å². The van der Waals surface area contributed by atoms with Crippen LogP contribution >= 0.6 is 11.3 Å². The Morgan fingerprint density at radius 3 is 2.68 bits per heavy atom. The molecule has 0 saturated heterocycles. The molecule has 7 heteroatoms. The predicted molar refractivity (Wildman–Crippen MR) is 95.4 cm³/mol. The van der Waals surface area contributed by atoms with Gasteiger partial charge in [-0.05, 0) is 26.8 Å². The monoisotopic (exact) mass is 361 g/mol. The zero-order valence-corrected chi connectivity index (χ0v) is 15.4. The van der Waals surface area contributed by atoms with Gasteiger partial charge in [0, 0.05) is 22.6 Å². The number of fused-ring (bicyclic) bond motifs is 3. The maximum atomic E-state index is 12.4. The number of carbonyl (C=O) groups is 2. The molecule has 3 aromatic rings. The Balaban J connectivity index is 1.82. The molecular formula is C18H19NO5S. The van der Waals surface area contributed by atoms with E-state index in [0.29, 0.717) is 21.7 Å². The summed E-state index contributed by atoms with van der Waals surface area (Å²) in [5.41, 5.74) is 0.671. The van der Waals surface area contributed by atoms with Gasteiger partial charge in [-0.3, -0.25) is 9.59 Å². The van der Waals surface area contributed by atoms with Crippen LogP contribution in [0.15, 0.2) is 22.9 Å². The number of thiophene rings is 1. The molecule has 3 rings (SSSR count). The van der Waals surface area contributed by atoms with Crippen LogP contribution in [0.4, 0.5) is 0 Å². The highest BCUT2D eigenvalue weighted by molar-refractivity contribution is 7.21. The molecule has 25 heavy (non-hydrogen) atoms. The third kappa shape index (κ3) is 3.66. The van der Waals surface area contributed by atoms with Crippen molar-refractivity contribution in [2.24, 2.45) is 0 Å². The van der Waals surface area contributed by atoms with Gasteiger partial charge in [-0.1, -0.05) is 0 Å². The molecule has 0 spiro atoms. The van der Waals surface area contributed by atoms with Gasteiger partial charge in [0.1, 0.15) is 11.1 Å². The van der Waals surface area contributed by atoms with Gasteiger partial charge in [-0.25, -0.2) is 4.98 Å². The number of ketones is 1. The summed E-state index contributed by atoms with van der Waals surface area (Å²) in [6, 6.07) is 3.62. The highest BCUT2D eigenvalue weighted by Gasteiger charge is 2.20. The zero-order chi connectivity index (χ0) is 18.2. The second kappa shape index (κ2) is 6.48. The highest BCUT2D eigenvalue weighted by Crippen LogP contribution is 2.37. The van der Waals surface area contributed by atoms with Gasteiger partial charge in [-0.15, -0.1) is 11.3 Å². The molecule has 0 aliphatic rings. The van der Waals surface area contributed by atoms with E-state index < -0.39 is 5.60 Å². The fourth-order valence-electron chi connectivity index (χ4n) is 2.52. The summed E-state index contributed by atoms with van der Waals surface area (Å²) in [7, 11) is 1.56. The topological polar surface area (TPSA) is 78.6 Å². The van der Waals surface area contributed by atoms with E-state index in [-0.39, 0.29) is 24.6 Å². The average Bonchev–Trinajstić information content (AvgIpc) is 3.15. The SMILES string of the molecule is COc1cc2sc(C(=O)CCC(=O)OC(C)(C)C)cc2c2ncoc12. The molecule has 0 unspecified atom stereocenters. The first-order valence-electron chi connectivity index (χ1n) is 7.87. The Bertz CT molecular complexity index is 948. The van der Waals surface area contributed by atoms with Crippen LogP contribution in [0, 0.1) is 0 Å². The fourth-order valence-corrected chi connectivity index (χ4v) is 3.58. The normalized spacial score (nSPS) is 11.8. The van der Waals surface area contributed by atoms with E-state index in [2.05, 4.69) is 4.98 Å². The second-order valence-corrected chi connectivity index (χ2v) is 7.72. The summed E-state index contributed by atoms with van der Waals surface area (Å²) in [5, 5.41) is 0.843. The van der Waals surface area contributed by atoms with Crippen LogP contribution in [0.3, 0.4) is 0 Å².